The summed E-state index contributed by atoms with van der Waals surface area (Å²) in [7, 11) is 1.69. The van der Waals surface area contributed by atoms with E-state index in [9.17, 15) is 9.59 Å². The number of carboxylic acids is 1. The minimum Gasteiger partial charge on any atom is -0.480 e. The molecule has 2 fully saturated rings. The van der Waals surface area contributed by atoms with E-state index in [1.165, 1.54) is 4.90 Å². The molecule has 19 heavy (non-hydrogen) atoms. The van der Waals surface area contributed by atoms with Crippen molar-refractivity contribution in [3.8, 4) is 0 Å². The second kappa shape index (κ2) is 6.23. The summed E-state index contributed by atoms with van der Waals surface area (Å²) in [4.78, 5) is 26.5. The number of hydrogen-bond donors (Lipinski definition) is 1. The molecule has 2 rings (SSSR count). The molecule has 6 heteroatoms. The number of carboxylic acid groups (broad SMARTS) is 1. The number of aliphatic carboxylic acids is 1. The van der Waals surface area contributed by atoms with Crippen LogP contribution in [0, 0.1) is 5.92 Å². The van der Waals surface area contributed by atoms with Crippen molar-refractivity contribution in [2.24, 2.45) is 5.92 Å². The van der Waals surface area contributed by atoms with Gasteiger partial charge in [0.25, 0.3) is 0 Å². The Morgan fingerprint density at radius 3 is 2.37 bits per heavy atom. The molecule has 1 aliphatic heterocycles. The lowest BCUT2D eigenvalue weighted by Gasteiger charge is -2.35. The minimum atomic E-state index is -0.936. The number of methoxy groups -OCH3 is 1. The van der Waals surface area contributed by atoms with Crippen molar-refractivity contribution in [3.63, 3.8) is 0 Å². The Hall–Kier alpha value is -1.30. The third kappa shape index (κ3) is 3.83. The van der Waals surface area contributed by atoms with Crippen molar-refractivity contribution in [1.29, 1.82) is 0 Å². The molecule has 0 unspecified atom stereocenters. The summed E-state index contributed by atoms with van der Waals surface area (Å²) in [5.41, 5.74) is 0. The number of urea groups is 1. The number of piperidine rings is 1. The molecule has 1 saturated heterocycles. The van der Waals surface area contributed by atoms with E-state index in [0.717, 1.165) is 32.3 Å². The molecule has 1 aliphatic carbocycles. The Bertz CT molecular complexity index is 336. The van der Waals surface area contributed by atoms with Gasteiger partial charge < -0.3 is 19.6 Å². The van der Waals surface area contributed by atoms with Crippen LogP contribution in [0.15, 0.2) is 0 Å². The Morgan fingerprint density at radius 1 is 1.26 bits per heavy atom. The van der Waals surface area contributed by atoms with E-state index in [2.05, 4.69) is 0 Å². The van der Waals surface area contributed by atoms with Gasteiger partial charge in [-0.25, -0.2) is 4.79 Å². The van der Waals surface area contributed by atoms with E-state index in [-0.39, 0.29) is 18.6 Å². The fourth-order valence-electron chi connectivity index (χ4n) is 2.59. The highest BCUT2D eigenvalue weighted by atomic mass is 16.5. The van der Waals surface area contributed by atoms with Gasteiger partial charge in [0.2, 0.25) is 0 Å². The van der Waals surface area contributed by atoms with Crippen molar-refractivity contribution in [1.82, 2.24) is 9.80 Å². The third-order valence-corrected chi connectivity index (χ3v) is 3.83. The van der Waals surface area contributed by atoms with Gasteiger partial charge in [-0.1, -0.05) is 0 Å². The molecular formula is C13H22N2O4. The summed E-state index contributed by atoms with van der Waals surface area (Å²) in [6.45, 7) is 1.97. The summed E-state index contributed by atoms with van der Waals surface area (Å²) in [5, 5.41) is 8.89. The number of carbonyl (C=O) groups excluding carboxylic acids is 1. The van der Waals surface area contributed by atoms with Gasteiger partial charge in [-0.3, -0.25) is 4.79 Å². The van der Waals surface area contributed by atoms with Crippen molar-refractivity contribution >= 4 is 12.0 Å². The van der Waals surface area contributed by atoms with Gasteiger partial charge in [-0.05, 0) is 31.6 Å². The molecule has 1 saturated carbocycles. The second-order valence-corrected chi connectivity index (χ2v) is 5.42. The standard InChI is InChI=1S/C13H22N2O4/c1-19-9-10-4-6-14(7-5-10)13(18)15(8-12(16)17)11-2-3-11/h10-11H,2-9H2,1H3,(H,16,17). The van der Waals surface area contributed by atoms with E-state index in [4.69, 9.17) is 9.84 Å². The zero-order valence-electron chi connectivity index (χ0n) is 11.4. The maximum atomic E-state index is 12.3. The maximum absolute atomic E-state index is 12.3. The van der Waals surface area contributed by atoms with Gasteiger partial charge in [0.1, 0.15) is 6.54 Å². The SMILES string of the molecule is COCC1CCN(C(=O)N(CC(=O)O)C2CC2)CC1. The van der Waals surface area contributed by atoms with Crippen molar-refractivity contribution in [3.05, 3.63) is 0 Å². The molecule has 0 aromatic rings. The predicted octanol–water partition coefficient (Wildman–Crippen LogP) is 1.01. The molecule has 0 bridgehead atoms. The number of amides is 2. The van der Waals surface area contributed by atoms with Crippen molar-refractivity contribution < 1.29 is 19.4 Å². The first-order valence-corrected chi connectivity index (χ1v) is 6.88. The summed E-state index contributed by atoms with van der Waals surface area (Å²) in [6.07, 6.45) is 3.73. The molecule has 0 aromatic heterocycles. The topological polar surface area (TPSA) is 70.1 Å². The average molecular weight is 270 g/mol. The number of carbonyl (C=O) groups is 2. The number of ether oxygens (including phenoxy) is 1. The van der Waals surface area contributed by atoms with Crippen molar-refractivity contribution in [2.75, 3.05) is 33.4 Å². The number of likely N-dealkylation sites (tertiary alicyclic amines) is 1. The maximum Gasteiger partial charge on any atom is 0.323 e. The van der Waals surface area contributed by atoms with E-state index in [1.807, 2.05) is 0 Å². The zero-order chi connectivity index (χ0) is 13.8. The van der Waals surface area contributed by atoms with Crippen LogP contribution in [0.5, 0.6) is 0 Å². The Balaban J connectivity index is 1.86. The highest BCUT2D eigenvalue weighted by molar-refractivity contribution is 5.80. The highest BCUT2D eigenvalue weighted by Crippen LogP contribution is 2.28. The van der Waals surface area contributed by atoms with Gasteiger partial charge in [-0.2, -0.15) is 0 Å². The second-order valence-electron chi connectivity index (χ2n) is 5.42. The molecule has 0 spiro atoms. The van der Waals surface area contributed by atoms with Gasteiger partial charge in [-0.15, -0.1) is 0 Å². The number of rotatable bonds is 5. The summed E-state index contributed by atoms with van der Waals surface area (Å²) >= 11 is 0. The zero-order valence-corrected chi connectivity index (χ0v) is 11.4. The molecule has 0 atom stereocenters. The van der Waals surface area contributed by atoms with E-state index in [1.54, 1.807) is 12.0 Å². The van der Waals surface area contributed by atoms with Gasteiger partial charge in [0, 0.05) is 32.8 Å². The first kappa shape index (κ1) is 14.1. The lowest BCUT2D eigenvalue weighted by Crippen LogP contribution is -2.49. The molecule has 0 aromatic carbocycles. The fraction of sp³-hybridized carbons (Fsp3) is 0.846. The lowest BCUT2D eigenvalue weighted by atomic mass is 9.98. The molecule has 1 N–H and O–H groups in total. The van der Waals surface area contributed by atoms with E-state index in [0.29, 0.717) is 19.0 Å². The Kier molecular flexibility index (Phi) is 4.63. The normalized spacial score (nSPS) is 20.4. The minimum absolute atomic E-state index is 0.110. The van der Waals surface area contributed by atoms with Gasteiger partial charge in [0.15, 0.2) is 0 Å². The molecule has 6 nitrogen and oxygen atoms in total. The third-order valence-electron chi connectivity index (χ3n) is 3.83. The predicted molar refractivity (Wildman–Crippen MR) is 68.9 cm³/mol. The molecule has 2 aliphatic rings. The monoisotopic (exact) mass is 270 g/mol. The summed E-state index contributed by atoms with van der Waals surface area (Å²) < 4.78 is 5.13. The van der Waals surface area contributed by atoms with Crippen LogP contribution in [-0.2, 0) is 9.53 Å². The molecular weight excluding hydrogens is 248 g/mol. The van der Waals surface area contributed by atoms with Crippen molar-refractivity contribution in [2.45, 2.75) is 31.7 Å². The molecule has 0 radical (unpaired) electrons. The quantitative estimate of drug-likeness (QED) is 0.809. The smallest absolute Gasteiger partial charge is 0.323 e. The number of hydrogen-bond acceptors (Lipinski definition) is 3. The summed E-state index contributed by atoms with van der Waals surface area (Å²) in [5.74, 6) is -0.419. The highest BCUT2D eigenvalue weighted by Gasteiger charge is 2.36. The molecule has 108 valence electrons. The first-order valence-electron chi connectivity index (χ1n) is 6.88. The lowest BCUT2D eigenvalue weighted by molar-refractivity contribution is -0.137. The van der Waals surface area contributed by atoms with Crippen LogP contribution in [-0.4, -0.2) is 66.3 Å². The number of nitrogens with zero attached hydrogens (tertiary/aromatic N) is 2. The van der Waals surface area contributed by atoms with Gasteiger partial charge in [0.05, 0.1) is 0 Å². The van der Waals surface area contributed by atoms with E-state index < -0.39 is 5.97 Å². The molecule has 1 heterocycles. The Morgan fingerprint density at radius 2 is 1.89 bits per heavy atom. The van der Waals surface area contributed by atoms with Crippen LogP contribution >= 0.6 is 0 Å². The van der Waals surface area contributed by atoms with E-state index >= 15 is 0 Å². The Labute approximate surface area is 113 Å². The average Bonchev–Trinajstić information content (AvgIpc) is 3.20. The fourth-order valence-corrected chi connectivity index (χ4v) is 2.59. The van der Waals surface area contributed by atoms with Crippen LogP contribution in [0.4, 0.5) is 4.79 Å². The first-order chi connectivity index (χ1) is 9.11. The van der Waals surface area contributed by atoms with Crippen LogP contribution in [0.25, 0.3) is 0 Å². The van der Waals surface area contributed by atoms with Crippen LogP contribution < -0.4 is 0 Å². The van der Waals surface area contributed by atoms with Gasteiger partial charge >= 0.3 is 12.0 Å². The summed E-state index contributed by atoms with van der Waals surface area (Å²) in [6, 6.07) is 0.0288. The molecule has 2 amide bonds. The van der Waals surface area contributed by atoms with Crippen LogP contribution in [0.2, 0.25) is 0 Å². The largest absolute Gasteiger partial charge is 0.480 e. The van der Waals surface area contributed by atoms with Crippen LogP contribution in [0.1, 0.15) is 25.7 Å². The van der Waals surface area contributed by atoms with Crippen LogP contribution in [0.3, 0.4) is 0 Å².